The average Bonchev–Trinajstić information content (AvgIpc) is 1.34. The minimum atomic E-state index is -0.585. The summed E-state index contributed by atoms with van der Waals surface area (Å²) in [6, 6.07) is 55.4. The maximum absolute atomic E-state index is 12.3. The largest absolute Gasteiger partial charge is 0.498 e. The van der Waals surface area contributed by atoms with Crippen molar-refractivity contribution in [3.63, 3.8) is 0 Å². The number of carbonyl (C=O) groups excluding carboxylic acids is 2. The molecule has 126 heavy (non-hydrogen) atoms. The van der Waals surface area contributed by atoms with Gasteiger partial charge >= 0.3 is 19.3 Å². The number of morpholine rings is 3. The fraction of sp³-hybridized carbons (Fsp3) is 0.347. The van der Waals surface area contributed by atoms with Crippen LogP contribution in [-0.4, -0.2) is 165 Å². The van der Waals surface area contributed by atoms with Crippen LogP contribution in [0.3, 0.4) is 0 Å². The first-order valence-corrected chi connectivity index (χ1v) is 42.3. The highest BCUT2D eigenvalue weighted by Crippen LogP contribution is 2.47. The molecule has 29 nitrogen and oxygen atoms in total. The number of hydrogen-bond donors (Lipinski definition) is 4. The van der Waals surface area contributed by atoms with E-state index in [0.29, 0.717) is 137 Å². The van der Waals surface area contributed by atoms with Gasteiger partial charge in [0.25, 0.3) is 5.56 Å². The summed E-state index contributed by atoms with van der Waals surface area (Å²) in [7, 11) is 2.80. The van der Waals surface area contributed by atoms with Crippen LogP contribution in [0.5, 0.6) is 57.8 Å². The van der Waals surface area contributed by atoms with Gasteiger partial charge in [-0.1, -0.05) is 66.7 Å². The SMILES string of the molecule is CC(C)(C)OC(=O)Nc1ccc2c(c1)Cc1cccc(B3OC(C)(C)C(C)(C)O3)c1O2.COc1ccc(COc2cc(N3CCOCC3)nc(-c3cccc4c3Oc3ccc(NC(=O)OC(C)(C)C)cc3C4)n2)cc1.COc1ccc(COc2cc(N3CCOCC3)nc(Cl)n2)cc1.Nc1ccc2c(c1)Cc1cccc(-c3nc(N4CCOCC4)cc(=O)[nH]3)c1O2. The smallest absolute Gasteiger partial charge is 0.497 e. The van der Waals surface area contributed by atoms with E-state index in [1.807, 2.05) is 227 Å². The Balaban J connectivity index is 0.000000133. The molecule has 10 heterocycles. The lowest BCUT2D eigenvalue weighted by Crippen LogP contribution is -2.41. The molecule has 0 spiro atoms. The Labute approximate surface area is 737 Å². The number of benzene rings is 8. The van der Waals surface area contributed by atoms with E-state index in [0.717, 1.165) is 140 Å². The van der Waals surface area contributed by atoms with Crippen LogP contribution in [0.1, 0.15) is 114 Å². The molecule has 7 aliphatic heterocycles. The monoisotopic (exact) mass is 1730 g/mol. The molecule has 656 valence electrons. The third kappa shape index (κ3) is 22.1. The van der Waals surface area contributed by atoms with E-state index in [1.165, 1.54) is 6.07 Å². The standard InChI is InChI=1S/C34H36N4O6.C24H30BNO5.C21H20N4O3.C16H18ClN3O3/c1-34(2,3)44-33(39)35-25-10-13-28-24(19-25)18-23-6-5-7-27(31(23)43-28)32-36-29(38-14-16-41-17-15-38)20-30(37-32)42-21-22-8-11-26(40-4)12-9-22;1-22(2,3)29-21(27)26-17-11-12-19-16(14-17)13-15-9-8-10-18(20(15)28-19)25-30-23(4,5)24(6,7)31-25;22-15-4-5-17-14(11-15)10-13-2-1-3-16(20(13)28-17)21-23-18(12-19(26)24-21)25-6-8-27-9-7-25;1-21-13-4-2-12(3-5-13)11-23-15-10-14(18-16(17)19-15)20-6-8-22-9-7-20/h5-13,19-20H,14-18,21H2,1-4H3,(H,35,39);8-12,14H,13H2,1-7H3,(H,26,27);1-5,11-12H,6-10,22H2,(H,23,24,26);2-5,10H,6-9,11H2,1H3. The summed E-state index contributed by atoms with van der Waals surface area (Å²) in [6.07, 6.45) is 1.04. The number of rotatable bonds is 16. The van der Waals surface area contributed by atoms with Gasteiger partial charge in [0.15, 0.2) is 5.82 Å². The summed E-state index contributed by atoms with van der Waals surface area (Å²) in [5, 5.41) is 5.78. The second kappa shape index (κ2) is 38.4. The number of hydrogen-bond acceptors (Lipinski definition) is 26. The molecule has 0 aliphatic carbocycles. The second-order valence-electron chi connectivity index (χ2n) is 33.9. The van der Waals surface area contributed by atoms with Crippen LogP contribution in [0, 0.1) is 0 Å². The minimum absolute atomic E-state index is 0.179. The number of nitrogens with zero attached hydrogens (tertiary/aromatic N) is 8. The van der Waals surface area contributed by atoms with E-state index in [-0.39, 0.29) is 10.8 Å². The maximum atomic E-state index is 12.3. The minimum Gasteiger partial charge on any atom is -0.497 e. The van der Waals surface area contributed by atoms with Gasteiger partial charge in [-0.15, -0.1) is 0 Å². The normalized spacial score (nSPS) is 15.6. The van der Waals surface area contributed by atoms with Crippen molar-refractivity contribution in [3.05, 3.63) is 236 Å². The van der Waals surface area contributed by atoms with Crippen molar-refractivity contribution in [1.29, 1.82) is 0 Å². The number of methoxy groups -OCH3 is 2. The lowest BCUT2D eigenvalue weighted by atomic mass is 9.76. The van der Waals surface area contributed by atoms with Crippen molar-refractivity contribution in [3.8, 4) is 80.5 Å². The fourth-order valence-corrected chi connectivity index (χ4v) is 14.9. The molecule has 4 saturated heterocycles. The zero-order valence-electron chi connectivity index (χ0n) is 72.8. The summed E-state index contributed by atoms with van der Waals surface area (Å²) in [5.74, 6) is 10.2. The van der Waals surface area contributed by atoms with Crippen LogP contribution in [0.25, 0.3) is 22.8 Å². The van der Waals surface area contributed by atoms with Gasteiger partial charge in [0.2, 0.25) is 17.0 Å². The molecule has 2 amide bonds. The van der Waals surface area contributed by atoms with Crippen molar-refractivity contribution in [1.82, 2.24) is 29.9 Å². The van der Waals surface area contributed by atoms with Crippen LogP contribution in [0.2, 0.25) is 5.28 Å². The number of halogens is 1. The van der Waals surface area contributed by atoms with E-state index >= 15 is 0 Å². The Morgan fingerprint density at radius 1 is 0.484 bits per heavy atom. The molecule has 0 radical (unpaired) electrons. The summed E-state index contributed by atoms with van der Waals surface area (Å²) in [6.45, 7) is 28.3. The van der Waals surface area contributed by atoms with Crippen LogP contribution in [0.15, 0.2) is 181 Å². The van der Waals surface area contributed by atoms with Gasteiger partial charge in [0.05, 0.1) is 76.2 Å². The van der Waals surface area contributed by atoms with E-state index in [1.54, 1.807) is 26.4 Å². The fourth-order valence-electron chi connectivity index (χ4n) is 14.8. The van der Waals surface area contributed by atoms with Gasteiger partial charge < -0.3 is 91.6 Å². The average molecular weight is 1730 g/mol. The molecular weight excluding hydrogens is 1630 g/mol. The molecule has 3 aromatic heterocycles. The quantitative estimate of drug-likeness (QED) is 0.0397. The van der Waals surface area contributed by atoms with E-state index in [4.69, 9.17) is 98.4 Å². The molecule has 31 heteroatoms. The van der Waals surface area contributed by atoms with Crippen LogP contribution in [0.4, 0.5) is 44.1 Å². The van der Waals surface area contributed by atoms with Gasteiger partial charge in [0, 0.05) is 127 Å². The lowest BCUT2D eigenvalue weighted by molar-refractivity contribution is 0.00578. The number of nitrogens with one attached hydrogen (secondary N) is 3. The maximum Gasteiger partial charge on any atom is 0.498 e. The Kier molecular flexibility index (Phi) is 26.9. The van der Waals surface area contributed by atoms with Crippen molar-refractivity contribution in [2.45, 2.75) is 124 Å². The molecule has 5 N–H and O–H groups in total. The van der Waals surface area contributed by atoms with Crippen LogP contribution >= 0.6 is 11.6 Å². The zero-order chi connectivity index (χ0) is 88.4. The molecule has 4 fully saturated rings. The first kappa shape index (κ1) is 88.2. The number of anilines is 6. The zero-order valence-corrected chi connectivity index (χ0v) is 73.6. The number of amides is 2. The number of H-pyrrole nitrogens is 1. The summed E-state index contributed by atoms with van der Waals surface area (Å²) >= 11 is 6.01. The number of nitrogen functional groups attached to an aromatic ring is 1. The van der Waals surface area contributed by atoms with Crippen molar-refractivity contribution < 1.29 is 75.7 Å². The molecule has 0 unspecified atom stereocenters. The number of aromatic amines is 1. The number of carbonyl (C=O) groups is 2. The molecular formula is C95H104BClN12O17. The predicted octanol–water partition coefficient (Wildman–Crippen LogP) is 16.7. The Bertz CT molecular complexity index is 5780. The Hall–Kier alpha value is -12.7. The lowest BCUT2D eigenvalue weighted by Gasteiger charge is -2.32. The summed E-state index contributed by atoms with van der Waals surface area (Å²) < 4.78 is 80.9. The van der Waals surface area contributed by atoms with E-state index in [2.05, 4.69) is 40.3 Å². The molecule has 0 bridgehead atoms. The highest BCUT2D eigenvalue weighted by molar-refractivity contribution is 6.63. The Morgan fingerprint density at radius 3 is 1.39 bits per heavy atom. The summed E-state index contributed by atoms with van der Waals surface area (Å²) in [4.78, 5) is 68.9. The third-order valence-corrected chi connectivity index (χ3v) is 21.9. The number of ether oxygens (including phenoxy) is 12. The van der Waals surface area contributed by atoms with Gasteiger partial charge in [-0.3, -0.25) is 15.4 Å². The summed E-state index contributed by atoms with van der Waals surface area (Å²) in [5.41, 5.74) is 16.3. The molecule has 7 aliphatic rings. The van der Waals surface area contributed by atoms with Gasteiger partial charge in [-0.2, -0.15) is 9.97 Å². The predicted molar refractivity (Wildman–Crippen MR) is 483 cm³/mol. The highest BCUT2D eigenvalue weighted by Gasteiger charge is 2.53. The van der Waals surface area contributed by atoms with Crippen LogP contribution < -0.4 is 75.2 Å². The van der Waals surface area contributed by atoms with Crippen LogP contribution in [-0.2, 0) is 65.5 Å². The van der Waals surface area contributed by atoms with Crippen molar-refractivity contribution in [2.24, 2.45) is 0 Å². The first-order chi connectivity index (χ1) is 60.5. The molecule has 8 aromatic carbocycles. The molecule has 0 atom stereocenters. The highest BCUT2D eigenvalue weighted by atomic mass is 35.5. The van der Waals surface area contributed by atoms with E-state index < -0.39 is 41.7 Å². The number of fused-ring (bicyclic) bond motifs is 6. The second-order valence-corrected chi connectivity index (χ2v) is 34.2. The molecule has 0 saturated carbocycles. The van der Waals surface area contributed by atoms with Crippen molar-refractivity contribution in [2.75, 3.05) is 124 Å². The Morgan fingerprint density at radius 2 is 0.905 bits per heavy atom. The van der Waals surface area contributed by atoms with E-state index in [9.17, 15) is 14.4 Å². The first-order valence-electron chi connectivity index (χ1n) is 41.9. The van der Waals surface area contributed by atoms with Gasteiger partial charge in [-0.25, -0.2) is 24.5 Å². The van der Waals surface area contributed by atoms with Gasteiger partial charge in [-0.05, 0) is 189 Å². The van der Waals surface area contributed by atoms with Gasteiger partial charge in [0.1, 0.15) is 93.7 Å². The molecule has 18 rings (SSSR count). The number of aromatic nitrogens is 6. The molecule has 11 aromatic rings. The van der Waals surface area contributed by atoms with Crippen molar-refractivity contribution >= 4 is 70.9 Å². The topological polar surface area (TPSA) is 320 Å². The number of nitrogens with two attached hydrogens (primary N) is 1. The third-order valence-electron chi connectivity index (χ3n) is 21.8. The number of para-hydroxylation sites is 3.